The predicted molar refractivity (Wildman–Crippen MR) is 95.0 cm³/mol. The summed E-state index contributed by atoms with van der Waals surface area (Å²) in [6, 6.07) is 3.92. The Balaban J connectivity index is 0.00000338. The minimum absolute atomic E-state index is 0. The monoisotopic (exact) mass is 398 g/mol. The van der Waals surface area contributed by atoms with E-state index in [-0.39, 0.29) is 30.8 Å². The number of piperazine rings is 1. The second-order valence-electron chi connectivity index (χ2n) is 6.79. The van der Waals surface area contributed by atoms with Crippen molar-refractivity contribution in [3.8, 4) is 11.5 Å². The first-order chi connectivity index (χ1) is 11.7. The number of aliphatic hydroxyl groups excluding tert-OH is 1. The number of hydrogen-bond acceptors (Lipinski definition) is 5. The van der Waals surface area contributed by atoms with Crippen LogP contribution in [0.5, 0.6) is 11.5 Å². The summed E-state index contributed by atoms with van der Waals surface area (Å²) >= 11 is 0. The lowest BCUT2D eigenvalue weighted by Crippen LogP contribution is -2.49. The normalized spacial score (nSPS) is 17.3. The molecule has 0 unspecified atom stereocenters. The Labute approximate surface area is 157 Å². The summed E-state index contributed by atoms with van der Waals surface area (Å²) in [7, 11) is 1.41. The molecule has 1 fully saturated rings. The molecule has 0 aliphatic carbocycles. The molecule has 2 rings (SSSR count). The molecule has 1 heterocycles. The molecule has 26 heavy (non-hydrogen) atoms. The molecule has 150 valence electrons. The fraction of sp³-hybridized carbons (Fsp3) is 0.647. The zero-order valence-electron chi connectivity index (χ0n) is 15.1. The van der Waals surface area contributed by atoms with Gasteiger partial charge in [-0.05, 0) is 6.07 Å². The third-order valence-electron chi connectivity index (χ3n) is 4.40. The van der Waals surface area contributed by atoms with Gasteiger partial charge in [-0.1, -0.05) is 19.9 Å². The summed E-state index contributed by atoms with van der Waals surface area (Å²) in [4.78, 5) is 2.22. The quantitative estimate of drug-likeness (QED) is 0.771. The van der Waals surface area contributed by atoms with Crippen molar-refractivity contribution in [3.63, 3.8) is 0 Å². The maximum atomic E-state index is 12.5. The maximum absolute atomic E-state index is 12.5. The van der Waals surface area contributed by atoms with E-state index in [1.807, 2.05) is 13.8 Å². The van der Waals surface area contributed by atoms with Crippen LogP contribution < -0.4 is 14.8 Å². The van der Waals surface area contributed by atoms with Gasteiger partial charge >= 0.3 is 6.36 Å². The molecule has 1 aliphatic rings. The molecule has 0 radical (unpaired) electrons. The van der Waals surface area contributed by atoms with Crippen LogP contribution in [0.2, 0.25) is 0 Å². The van der Waals surface area contributed by atoms with Gasteiger partial charge in [-0.2, -0.15) is 0 Å². The van der Waals surface area contributed by atoms with E-state index in [1.165, 1.54) is 19.2 Å². The van der Waals surface area contributed by atoms with Crippen molar-refractivity contribution in [1.82, 2.24) is 10.2 Å². The molecule has 0 amide bonds. The van der Waals surface area contributed by atoms with E-state index in [0.717, 1.165) is 31.7 Å². The van der Waals surface area contributed by atoms with Crippen molar-refractivity contribution < 1.29 is 27.8 Å². The Kier molecular flexibility index (Phi) is 8.01. The van der Waals surface area contributed by atoms with Crippen molar-refractivity contribution in [2.75, 3.05) is 39.9 Å². The second kappa shape index (κ2) is 9.12. The predicted octanol–water partition coefficient (Wildman–Crippen LogP) is 2.98. The Morgan fingerprint density at radius 3 is 2.35 bits per heavy atom. The van der Waals surface area contributed by atoms with E-state index < -0.39 is 11.8 Å². The minimum atomic E-state index is -4.76. The summed E-state index contributed by atoms with van der Waals surface area (Å²) < 4.78 is 46.7. The summed E-state index contributed by atoms with van der Waals surface area (Å²) in [6.07, 6.45) is -4.76. The van der Waals surface area contributed by atoms with E-state index in [2.05, 4.69) is 15.0 Å². The number of hydrogen-bond donors (Lipinski definition) is 2. The van der Waals surface area contributed by atoms with Crippen LogP contribution in [0.3, 0.4) is 0 Å². The smallest absolute Gasteiger partial charge is 0.496 e. The number of nitrogens with one attached hydrogen (secondary N) is 1. The number of ether oxygens (including phenoxy) is 2. The summed E-state index contributed by atoms with van der Waals surface area (Å²) in [5.74, 6) is -0.0132. The van der Waals surface area contributed by atoms with Crippen molar-refractivity contribution in [2.24, 2.45) is 5.41 Å². The number of methoxy groups -OCH3 is 1. The van der Waals surface area contributed by atoms with Gasteiger partial charge in [0.2, 0.25) is 0 Å². The highest BCUT2D eigenvalue weighted by Crippen LogP contribution is 2.43. The van der Waals surface area contributed by atoms with Gasteiger partial charge in [0.15, 0.2) is 0 Å². The number of alkyl halides is 3. The summed E-state index contributed by atoms with van der Waals surface area (Å²) in [6.45, 7) is 6.98. The Morgan fingerprint density at radius 1 is 1.23 bits per heavy atom. The molecule has 0 bridgehead atoms. The molecular formula is C17H26ClF3N2O3. The van der Waals surface area contributed by atoms with Gasteiger partial charge in [-0.3, -0.25) is 4.90 Å². The average Bonchev–Trinajstić information content (AvgIpc) is 2.55. The van der Waals surface area contributed by atoms with Crippen LogP contribution >= 0.6 is 12.4 Å². The number of halogens is 4. The zero-order chi connectivity index (χ0) is 18.7. The molecule has 0 aromatic heterocycles. The first-order valence-corrected chi connectivity index (χ1v) is 8.17. The molecule has 0 spiro atoms. The highest BCUT2D eigenvalue weighted by atomic mass is 35.5. The lowest BCUT2D eigenvalue weighted by atomic mass is 9.79. The highest BCUT2D eigenvalue weighted by Gasteiger charge is 2.38. The lowest BCUT2D eigenvalue weighted by Gasteiger charge is -2.43. The molecule has 1 aromatic rings. The van der Waals surface area contributed by atoms with Crippen molar-refractivity contribution >= 4 is 12.4 Å². The number of nitrogens with zero attached hydrogens (tertiary/aromatic N) is 1. The van der Waals surface area contributed by atoms with Gasteiger partial charge in [-0.15, -0.1) is 25.6 Å². The van der Waals surface area contributed by atoms with E-state index in [4.69, 9.17) is 4.74 Å². The van der Waals surface area contributed by atoms with Gasteiger partial charge in [0.05, 0.1) is 7.11 Å². The van der Waals surface area contributed by atoms with E-state index >= 15 is 0 Å². The Bertz CT molecular complexity index is 579. The van der Waals surface area contributed by atoms with Crippen LogP contribution in [-0.4, -0.2) is 56.3 Å². The molecule has 1 saturated heterocycles. The molecule has 1 aliphatic heterocycles. The topological polar surface area (TPSA) is 54.0 Å². The van der Waals surface area contributed by atoms with Crippen LogP contribution in [0.1, 0.15) is 25.5 Å². The number of benzene rings is 1. The van der Waals surface area contributed by atoms with Crippen LogP contribution in [0.25, 0.3) is 0 Å². The SMILES string of the molecule is COc1cc(OC(F)(F)F)ccc1[C@H](N1CCNCC1)C(C)(C)CO.Cl. The van der Waals surface area contributed by atoms with Gasteiger partial charge in [-0.25, -0.2) is 0 Å². The van der Waals surface area contributed by atoms with Gasteiger partial charge < -0.3 is 19.9 Å². The van der Waals surface area contributed by atoms with Crippen LogP contribution in [0.4, 0.5) is 13.2 Å². The summed E-state index contributed by atoms with van der Waals surface area (Å²) in [5, 5.41) is 13.1. The highest BCUT2D eigenvalue weighted by molar-refractivity contribution is 5.85. The Hall–Kier alpha value is -1.22. The maximum Gasteiger partial charge on any atom is 0.573 e. The van der Waals surface area contributed by atoms with Gasteiger partial charge in [0.1, 0.15) is 11.5 Å². The molecular weight excluding hydrogens is 373 g/mol. The third-order valence-corrected chi connectivity index (χ3v) is 4.40. The molecule has 5 nitrogen and oxygen atoms in total. The first-order valence-electron chi connectivity index (χ1n) is 8.17. The fourth-order valence-corrected chi connectivity index (χ4v) is 3.25. The van der Waals surface area contributed by atoms with E-state index in [9.17, 15) is 18.3 Å². The molecule has 9 heteroatoms. The fourth-order valence-electron chi connectivity index (χ4n) is 3.25. The average molecular weight is 399 g/mol. The van der Waals surface area contributed by atoms with Crippen molar-refractivity contribution in [2.45, 2.75) is 26.3 Å². The van der Waals surface area contributed by atoms with Crippen LogP contribution in [-0.2, 0) is 0 Å². The minimum Gasteiger partial charge on any atom is -0.496 e. The first kappa shape index (κ1) is 22.8. The summed E-state index contributed by atoms with van der Waals surface area (Å²) in [5.41, 5.74) is 0.231. The Morgan fingerprint density at radius 2 is 1.85 bits per heavy atom. The molecule has 1 atom stereocenters. The third kappa shape index (κ3) is 5.64. The van der Waals surface area contributed by atoms with Crippen molar-refractivity contribution in [3.05, 3.63) is 23.8 Å². The molecule has 0 saturated carbocycles. The lowest BCUT2D eigenvalue weighted by molar-refractivity contribution is -0.274. The zero-order valence-corrected chi connectivity index (χ0v) is 15.9. The van der Waals surface area contributed by atoms with Crippen LogP contribution in [0, 0.1) is 5.41 Å². The largest absolute Gasteiger partial charge is 0.573 e. The van der Waals surface area contributed by atoms with E-state index in [1.54, 1.807) is 6.07 Å². The molecule has 1 aromatic carbocycles. The van der Waals surface area contributed by atoms with Gasteiger partial charge in [0.25, 0.3) is 0 Å². The number of rotatable bonds is 6. The second-order valence-corrected chi connectivity index (χ2v) is 6.79. The molecule has 2 N–H and O–H groups in total. The van der Waals surface area contributed by atoms with Crippen LogP contribution in [0.15, 0.2) is 18.2 Å². The van der Waals surface area contributed by atoms with Gasteiger partial charge in [0, 0.05) is 55.9 Å². The number of aliphatic hydroxyl groups is 1. The standard InChI is InChI=1S/C17H25F3N2O3.ClH/c1-16(2,11-23)15(22-8-6-21-7-9-22)13-5-4-12(10-14(13)24-3)25-17(18,19)20;/h4-5,10,15,21,23H,6-9,11H2,1-3H3;1H/t15-;/m0./s1. The van der Waals surface area contributed by atoms with E-state index in [0.29, 0.717) is 5.75 Å². The van der Waals surface area contributed by atoms with Crippen molar-refractivity contribution in [1.29, 1.82) is 0 Å².